The highest BCUT2D eigenvalue weighted by Crippen LogP contribution is 2.31. The molecule has 0 unspecified atom stereocenters. The Hall–Kier alpha value is -3.14. The van der Waals surface area contributed by atoms with Crippen LogP contribution in [0.3, 0.4) is 0 Å². The van der Waals surface area contributed by atoms with Crippen molar-refractivity contribution in [3.63, 3.8) is 0 Å². The molecule has 0 saturated heterocycles. The van der Waals surface area contributed by atoms with Gasteiger partial charge in [0.05, 0.1) is 11.0 Å². The van der Waals surface area contributed by atoms with Crippen molar-refractivity contribution in [2.24, 2.45) is 0 Å². The summed E-state index contributed by atoms with van der Waals surface area (Å²) in [6.45, 7) is 1.91. The Bertz CT molecular complexity index is 1010. The van der Waals surface area contributed by atoms with E-state index in [2.05, 4.69) is 9.97 Å². The second-order valence-electron chi connectivity index (χ2n) is 5.41. The number of para-hydroxylation sites is 2. The van der Waals surface area contributed by atoms with E-state index in [0.717, 1.165) is 11.3 Å². The standard InChI is InChI=1S/C19H14N2O2/c1-12-10-15-18(16(22)11-12)20-14-8-5-9-17(19(14)21-15)23-13-6-3-2-4-7-13/h2-11,22H,1H3. The van der Waals surface area contributed by atoms with Crippen LogP contribution in [0.5, 0.6) is 17.2 Å². The summed E-state index contributed by atoms with van der Waals surface area (Å²) in [6, 6.07) is 18.7. The number of phenols is 1. The number of aryl methyl sites for hydroxylation is 1. The van der Waals surface area contributed by atoms with Crippen molar-refractivity contribution in [1.29, 1.82) is 0 Å². The van der Waals surface area contributed by atoms with Crippen LogP contribution in [0, 0.1) is 6.92 Å². The van der Waals surface area contributed by atoms with E-state index in [9.17, 15) is 5.11 Å². The lowest BCUT2D eigenvalue weighted by Crippen LogP contribution is -1.92. The van der Waals surface area contributed by atoms with Gasteiger partial charge in [0.2, 0.25) is 0 Å². The fourth-order valence-electron chi connectivity index (χ4n) is 2.59. The Labute approximate surface area is 133 Å². The van der Waals surface area contributed by atoms with Crippen LogP contribution in [0.2, 0.25) is 0 Å². The number of fused-ring (bicyclic) bond motifs is 2. The minimum Gasteiger partial charge on any atom is -0.506 e. The fourth-order valence-corrected chi connectivity index (χ4v) is 2.59. The van der Waals surface area contributed by atoms with Crippen LogP contribution in [0.1, 0.15) is 5.56 Å². The minimum atomic E-state index is 0.142. The fraction of sp³-hybridized carbons (Fsp3) is 0.0526. The first-order chi connectivity index (χ1) is 11.2. The number of hydrogen-bond acceptors (Lipinski definition) is 4. The Morgan fingerprint density at radius 1 is 0.826 bits per heavy atom. The molecule has 4 rings (SSSR count). The SMILES string of the molecule is Cc1cc(O)c2nc3cccc(Oc4ccccc4)c3nc2c1. The van der Waals surface area contributed by atoms with Crippen molar-refractivity contribution in [3.05, 3.63) is 66.2 Å². The average Bonchev–Trinajstić information content (AvgIpc) is 2.55. The Balaban J connectivity index is 1.93. The summed E-state index contributed by atoms with van der Waals surface area (Å²) in [5, 5.41) is 10.1. The second kappa shape index (κ2) is 5.25. The van der Waals surface area contributed by atoms with Gasteiger partial charge in [-0.05, 0) is 48.9 Å². The molecule has 4 heteroatoms. The highest BCUT2D eigenvalue weighted by atomic mass is 16.5. The van der Waals surface area contributed by atoms with Crippen LogP contribution in [-0.2, 0) is 0 Å². The van der Waals surface area contributed by atoms with Gasteiger partial charge >= 0.3 is 0 Å². The molecule has 4 aromatic rings. The number of aromatic hydroxyl groups is 1. The molecular formula is C19H14N2O2. The zero-order valence-corrected chi connectivity index (χ0v) is 12.5. The third-order valence-corrected chi connectivity index (χ3v) is 3.63. The molecule has 1 heterocycles. The smallest absolute Gasteiger partial charge is 0.155 e. The molecular weight excluding hydrogens is 288 g/mol. The van der Waals surface area contributed by atoms with Gasteiger partial charge in [0, 0.05) is 0 Å². The summed E-state index contributed by atoms with van der Waals surface area (Å²) in [5.74, 6) is 1.53. The van der Waals surface area contributed by atoms with E-state index < -0.39 is 0 Å². The van der Waals surface area contributed by atoms with E-state index in [1.807, 2.05) is 61.5 Å². The minimum absolute atomic E-state index is 0.142. The third kappa shape index (κ3) is 2.44. The topological polar surface area (TPSA) is 55.2 Å². The number of phenolic OH excluding ortho intramolecular Hbond substituents is 1. The number of benzene rings is 3. The summed E-state index contributed by atoms with van der Waals surface area (Å²) in [4.78, 5) is 9.18. The number of aromatic nitrogens is 2. The van der Waals surface area contributed by atoms with E-state index in [1.165, 1.54) is 0 Å². The van der Waals surface area contributed by atoms with Gasteiger partial charge in [0.25, 0.3) is 0 Å². The molecule has 4 nitrogen and oxygen atoms in total. The van der Waals surface area contributed by atoms with Gasteiger partial charge in [0.1, 0.15) is 22.5 Å². The van der Waals surface area contributed by atoms with Gasteiger partial charge in [-0.15, -0.1) is 0 Å². The second-order valence-corrected chi connectivity index (χ2v) is 5.41. The highest BCUT2D eigenvalue weighted by molar-refractivity contribution is 5.92. The molecule has 0 radical (unpaired) electrons. The van der Waals surface area contributed by atoms with Crippen molar-refractivity contribution in [2.45, 2.75) is 6.92 Å². The third-order valence-electron chi connectivity index (χ3n) is 3.63. The van der Waals surface area contributed by atoms with Crippen LogP contribution >= 0.6 is 0 Å². The Morgan fingerprint density at radius 2 is 1.61 bits per heavy atom. The molecule has 23 heavy (non-hydrogen) atoms. The van der Waals surface area contributed by atoms with Crippen LogP contribution in [0.25, 0.3) is 22.1 Å². The molecule has 112 valence electrons. The zero-order valence-electron chi connectivity index (χ0n) is 12.5. The molecule has 0 aliphatic carbocycles. The summed E-state index contributed by atoms with van der Waals surface area (Å²) < 4.78 is 5.94. The Kier molecular flexibility index (Phi) is 3.08. The molecule has 1 N–H and O–H groups in total. The average molecular weight is 302 g/mol. The van der Waals surface area contributed by atoms with E-state index in [4.69, 9.17) is 4.74 Å². The number of hydrogen-bond donors (Lipinski definition) is 1. The molecule has 3 aromatic carbocycles. The normalized spacial score (nSPS) is 11.0. The van der Waals surface area contributed by atoms with E-state index >= 15 is 0 Å². The lowest BCUT2D eigenvalue weighted by molar-refractivity contribution is 0.479. The van der Waals surface area contributed by atoms with Crippen LogP contribution in [-0.4, -0.2) is 15.1 Å². The molecule has 0 saturated carbocycles. The number of nitrogens with zero attached hydrogens (tertiary/aromatic N) is 2. The van der Waals surface area contributed by atoms with Crippen molar-refractivity contribution < 1.29 is 9.84 Å². The highest BCUT2D eigenvalue weighted by Gasteiger charge is 2.11. The van der Waals surface area contributed by atoms with Gasteiger partial charge in [-0.3, -0.25) is 0 Å². The van der Waals surface area contributed by atoms with Crippen LogP contribution in [0.15, 0.2) is 60.7 Å². The molecule has 0 spiro atoms. The van der Waals surface area contributed by atoms with Crippen molar-refractivity contribution in [2.75, 3.05) is 0 Å². The molecule has 0 fully saturated rings. The number of rotatable bonds is 2. The molecule has 0 atom stereocenters. The summed E-state index contributed by atoms with van der Waals surface area (Å²) >= 11 is 0. The maximum absolute atomic E-state index is 10.1. The summed E-state index contributed by atoms with van der Waals surface area (Å²) in [5.41, 5.74) is 3.45. The molecule has 0 aliphatic rings. The molecule has 0 aliphatic heterocycles. The maximum atomic E-state index is 10.1. The Morgan fingerprint density at radius 3 is 2.43 bits per heavy atom. The van der Waals surface area contributed by atoms with E-state index in [1.54, 1.807) is 6.07 Å². The van der Waals surface area contributed by atoms with Gasteiger partial charge in [0.15, 0.2) is 5.75 Å². The zero-order chi connectivity index (χ0) is 15.8. The molecule has 0 bridgehead atoms. The van der Waals surface area contributed by atoms with Gasteiger partial charge in [-0.25, -0.2) is 9.97 Å². The monoisotopic (exact) mass is 302 g/mol. The van der Waals surface area contributed by atoms with Crippen molar-refractivity contribution >= 4 is 22.1 Å². The first kappa shape index (κ1) is 13.5. The number of ether oxygens (including phenoxy) is 1. The van der Waals surface area contributed by atoms with Crippen molar-refractivity contribution in [3.8, 4) is 17.2 Å². The quantitative estimate of drug-likeness (QED) is 0.550. The van der Waals surface area contributed by atoms with Gasteiger partial charge in [-0.1, -0.05) is 24.3 Å². The van der Waals surface area contributed by atoms with E-state index in [0.29, 0.717) is 27.8 Å². The van der Waals surface area contributed by atoms with Crippen LogP contribution < -0.4 is 4.74 Å². The maximum Gasteiger partial charge on any atom is 0.155 e. The first-order valence-corrected chi connectivity index (χ1v) is 7.34. The summed E-state index contributed by atoms with van der Waals surface area (Å²) in [7, 11) is 0. The molecule has 0 amide bonds. The van der Waals surface area contributed by atoms with Gasteiger partial charge in [-0.2, -0.15) is 0 Å². The lowest BCUT2D eigenvalue weighted by atomic mass is 10.2. The molecule has 1 aromatic heterocycles. The lowest BCUT2D eigenvalue weighted by Gasteiger charge is -2.09. The predicted molar refractivity (Wildman–Crippen MR) is 90.0 cm³/mol. The first-order valence-electron chi connectivity index (χ1n) is 7.34. The van der Waals surface area contributed by atoms with Crippen molar-refractivity contribution in [1.82, 2.24) is 9.97 Å². The van der Waals surface area contributed by atoms with Gasteiger partial charge < -0.3 is 9.84 Å². The predicted octanol–water partition coefficient (Wildman–Crippen LogP) is 4.59. The summed E-state index contributed by atoms with van der Waals surface area (Å²) in [6.07, 6.45) is 0. The van der Waals surface area contributed by atoms with Crippen LogP contribution in [0.4, 0.5) is 0 Å². The van der Waals surface area contributed by atoms with E-state index in [-0.39, 0.29) is 5.75 Å². The largest absolute Gasteiger partial charge is 0.506 e.